The molecule has 96 heavy (non-hydrogen) atoms. The molecule has 0 aromatic heterocycles. The van der Waals surface area contributed by atoms with Gasteiger partial charge in [0.1, 0.15) is 12.1 Å². The molecule has 2 aliphatic heterocycles. The summed E-state index contributed by atoms with van der Waals surface area (Å²) in [4.78, 5) is 73.9. The second kappa shape index (κ2) is 60.2. The number of terminal acetylenes is 2. The summed E-state index contributed by atoms with van der Waals surface area (Å²) in [6.45, 7) is 16.9. The number of aliphatic hydroxyl groups is 1. The van der Waals surface area contributed by atoms with E-state index in [2.05, 4.69) is 178 Å². The third kappa shape index (κ3) is 48.6. The van der Waals surface area contributed by atoms with Gasteiger partial charge in [-0.25, -0.2) is 0 Å². The van der Waals surface area contributed by atoms with Crippen molar-refractivity contribution in [3.05, 3.63) is 0 Å². The maximum Gasteiger partial charge on any atom is 1.00 e. The zero-order valence-corrected chi connectivity index (χ0v) is 62.6. The largest absolute Gasteiger partial charge is 1.00 e. The molecular weight excluding hydrogens is 1260 g/mol. The van der Waals surface area contributed by atoms with Crippen molar-refractivity contribution < 1.29 is 131 Å². The van der Waals surface area contributed by atoms with Gasteiger partial charge in [0.05, 0.1) is 83.3 Å². The summed E-state index contributed by atoms with van der Waals surface area (Å²) < 4.78 is 52.0. The summed E-state index contributed by atoms with van der Waals surface area (Å²) >= 11 is 0. The number of Topliss-reactive ketones (excluding diaryl/α,β-unsaturated/α-hetero) is 2. The number of nitrogens with one attached hydrogen (secondary N) is 2. The van der Waals surface area contributed by atoms with Crippen molar-refractivity contribution >= 4 is 31.2 Å². The summed E-state index contributed by atoms with van der Waals surface area (Å²) in [5.41, 5.74) is 0. The molecule has 2 heterocycles. The van der Waals surface area contributed by atoms with E-state index in [4.69, 9.17) is 45.8 Å². The molecular formula is C76H89N2Na2O15P. The molecule has 1 unspecified atom stereocenters. The first-order valence-corrected chi connectivity index (χ1v) is 33.4. The zero-order chi connectivity index (χ0) is 69.5. The molecule has 2 saturated heterocycles. The van der Waals surface area contributed by atoms with Crippen molar-refractivity contribution in [1.82, 2.24) is 10.6 Å². The predicted molar refractivity (Wildman–Crippen MR) is 357 cm³/mol. The molecule has 2 aliphatic rings. The quantitative estimate of drug-likeness (QED) is 0.0253. The van der Waals surface area contributed by atoms with E-state index in [9.17, 15) is 38.6 Å². The first-order valence-electron chi connectivity index (χ1n) is 31.9. The van der Waals surface area contributed by atoms with Crippen LogP contribution < -0.4 is 79.5 Å². The van der Waals surface area contributed by atoms with Gasteiger partial charge in [0.25, 0.3) is 0 Å². The van der Waals surface area contributed by atoms with Crippen molar-refractivity contribution in [3.8, 4) is 167 Å². The molecule has 17 nitrogen and oxygen atoms in total. The molecule has 20 heteroatoms. The number of carbonyl (C=O) groups excluding carboxylic acids is 4. The predicted octanol–water partition coefficient (Wildman–Crippen LogP) is 0.418. The average molecular weight is 1350 g/mol. The first kappa shape index (κ1) is 92.0. The number of ketones is 2. The van der Waals surface area contributed by atoms with Crippen molar-refractivity contribution in [2.45, 2.75) is 245 Å². The van der Waals surface area contributed by atoms with Crippen LogP contribution in [-0.2, 0) is 56.7 Å². The minimum Gasteiger partial charge on any atom is -0.790 e. The first-order chi connectivity index (χ1) is 45.3. The maximum absolute atomic E-state index is 13.0. The van der Waals surface area contributed by atoms with E-state index in [-0.39, 0.29) is 102 Å². The number of phosphoric acid groups is 1. The molecule has 0 aliphatic carbocycles. The van der Waals surface area contributed by atoms with Crippen LogP contribution >= 0.6 is 7.82 Å². The van der Waals surface area contributed by atoms with E-state index in [1.165, 1.54) is 57.8 Å². The van der Waals surface area contributed by atoms with Crippen LogP contribution in [-0.4, -0.2) is 116 Å². The van der Waals surface area contributed by atoms with Gasteiger partial charge in [-0.1, -0.05) is 129 Å². The Hall–Kier alpha value is -6.05. The Balaban J connectivity index is 0. The standard InChI is InChI=1S/C38H46NO9P.C38H45NO6.2Na/c1-6-8-10-12-14-16-17-18-19-20-21-23-25-27-33(40)29-35(41)39-36-37(45-28-26-24-22-15-13-11-9-7-2)32(5)34(30-46-31(3)4)47-38(36)48-49(42,43)44;1-6-8-10-12-14-16-17-18-19-20-21-23-25-27-33(40)29-35(41)39-36-37(43-28-26-24-22-15-13-11-9-7-2)32(5)34(45-38(36)42)30-44-31(3)4;;/h1,31-32,34,36-38H,7,9,11,13,15,22,24,26-30H2,2-5H3,(H,39,41)(H2,42,43,44);1,31-32,34,36-38,42H,7,9,11,13,15,22,24,26-30H2,2-5H3,(H,39,41);;/q;;2*+1/p-2/t32-,34-,36-,37+,38-;32-,34-,36-,37+,38?;;/m11../s1. The van der Waals surface area contributed by atoms with Gasteiger partial charge >= 0.3 is 59.1 Å². The third-order valence-electron chi connectivity index (χ3n) is 13.7. The topological polar surface area (TPSA) is 240 Å². The van der Waals surface area contributed by atoms with Gasteiger partial charge in [-0.2, -0.15) is 0 Å². The van der Waals surface area contributed by atoms with Crippen LogP contribution in [0.3, 0.4) is 0 Å². The fourth-order valence-electron chi connectivity index (χ4n) is 9.03. The molecule has 0 bridgehead atoms. The monoisotopic (exact) mass is 1350 g/mol. The fraction of sp³-hybridized carbons (Fsp3) is 0.579. The molecule has 3 N–H and O–H groups in total. The van der Waals surface area contributed by atoms with Gasteiger partial charge in [0, 0.05) is 25.0 Å². The van der Waals surface area contributed by atoms with Crippen LogP contribution in [0.15, 0.2) is 0 Å². The molecule has 0 saturated carbocycles. The van der Waals surface area contributed by atoms with E-state index >= 15 is 0 Å². The van der Waals surface area contributed by atoms with E-state index in [1.54, 1.807) is 0 Å². The van der Waals surface area contributed by atoms with Crippen LogP contribution in [0.1, 0.15) is 184 Å². The minimum absolute atomic E-state index is 0. The molecule has 0 radical (unpaired) electrons. The van der Waals surface area contributed by atoms with Crippen LogP contribution in [0.5, 0.6) is 0 Å². The Bertz CT molecular complexity index is 3350. The van der Waals surface area contributed by atoms with Gasteiger partial charge in [-0.05, 0) is 183 Å². The molecule has 10 atom stereocenters. The normalized spacial score (nSPS) is 18.9. The van der Waals surface area contributed by atoms with Crippen molar-refractivity contribution in [2.75, 3.05) is 26.4 Å². The summed E-state index contributed by atoms with van der Waals surface area (Å²) in [6, 6.07) is -2.03. The average Bonchev–Trinajstić information content (AvgIpc) is 0.803. The molecule has 2 fully saturated rings. The summed E-state index contributed by atoms with van der Waals surface area (Å²) in [5.74, 6) is 60.5. The number of hydrogen-bond donors (Lipinski definition) is 3. The van der Waals surface area contributed by atoms with Gasteiger partial charge in [-0.3, -0.25) is 19.2 Å². The molecule has 0 aromatic rings. The Kier molecular flexibility index (Phi) is 57.7. The summed E-state index contributed by atoms with van der Waals surface area (Å²) in [5, 5.41) is 16.2. The number of ether oxygens (including phenoxy) is 6. The second-order valence-corrected chi connectivity index (χ2v) is 23.2. The Labute approximate surface area is 617 Å². The number of unbranched alkanes of at least 4 members (excludes halogenated alkanes) is 14. The second-order valence-electron chi connectivity index (χ2n) is 22.1. The zero-order valence-electron chi connectivity index (χ0n) is 57.7. The number of carbonyl (C=O) groups is 4. The van der Waals surface area contributed by atoms with Crippen LogP contribution in [0.25, 0.3) is 0 Å². The van der Waals surface area contributed by atoms with Crippen molar-refractivity contribution in [2.24, 2.45) is 11.8 Å². The van der Waals surface area contributed by atoms with Crippen LogP contribution in [0, 0.1) is 179 Å². The maximum atomic E-state index is 13.0. The molecule has 500 valence electrons. The van der Waals surface area contributed by atoms with Gasteiger partial charge < -0.3 is 63.0 Å². The molecule has 0 spiro atoms. The molecule has 2 rings (SSSR count). The van der Waals surface area contributed by atoms with Crippen molar-refractivity contribution in [1.29, 1.82) is 0 Å². The van der Waals surface area contributed by atoms with Gasteiger partial charge in [0.15, 0.2) is 24.1 Å². The number of aliphatic hydroxyl groups excluding tert-OH is 1. The van der Waals surface area contributed by atoms with E-state index in [1.807, 2.05) is 41.5 Å². The van der Waals surface area contributed by atoms with Crippen molar-refractivity contribution in [3.63, 3.8) is 0 Å². The SMILES string of the molecule is C#CC#CC#CC#CC#CC#CC#CCC(=O)CC(=O)N[C@H]1C(O)O[C@H](COC(C)C)[C@@H](C)[C@@H]1OCCCCCCCCCC.C#CC#CC#CC#CC#CC#CC#CCC(=O)CC(=O)N[C@H]1[C@@H](OP(=O)([O-])[O-])O[C@H](COC(C)C)[C@@H](C)[C@@H]1OCCCCCCCCCC.[Na+].[Na+]. The van der Waals surface area contributed by atoms with E-state index in [0.29, 0.717) is 19.8 Å². The summed E-state index contributed by atoms with van der Waals surface area (Å²) in [6.07, 6.45) is 21.1. The third-order valence-corrected chi connectivity index (χ3v) is 14.2. The number of amides is 2. The van der Waals surface area contributed by atoms with Crippen LogP contribution in [0.4, 0.5) is 0 Å². The molecule has 0 aromatic carbocycles. The van der Waals surface area contributed by atoms with E-state index < -0.39 is 93.3 Å². The smallest absolute Gasteiger partial charge is 0.790 e. The Morgan fingerprint density at radius 1 is 0.490 bits per heavy atom. The Morgan fingerprint density at radius 2 is 0.802 bits per heavy atom. The summed E-state index contributed by atoms with van der Waals surface area (Å²) in [7, 11) is -5.55. The minimum atomic E-state index is -5.55. The van der Waals surface area contributed by atoms with Gasteiger partial charge in [0.2, 0.25) is 11.8 Å². The van der Waals surface area contributed by atoms with E-state index in [0.717, 1.165) is 44.9 Å². The molecule has 2 amide bonds. The Morgan fingerprint density at radius 3 is 1.15 bits per heavy atom. The number of rotatable bonds is 36. The number of hydrogen-bond acceptors (Lipinski definition) is 15. The van der Waals surface area contributed by atoms with Gasteiger partial charge in [-0.15, -0.1) is 12.8 Å². The fourth-order valence-corrected chi connectivity index (χ4v) is 9.46. The number of phosphoric ester groups is 1. The van der Waals surface area contributed by atoms with Crippen LogP contribution in [0.2, 0.25) is 0 Å².